The summed E-state index contributed by atoms with van der Waals surface area (Å²) in [6.45, 7) is 4.26. The summed E-state index contributed by atoms with van der Waals surface area (Å²) in [5.74, 6) is 0.271. The first kappa shape index (κ1) is 17.1. The number of unbranched alkanes of at least 4 members (excludes halogenated alkanes) is 1. The Balaban J connectivity index is 0. The summed E-state index contributed by atoms with van der Waals surface area (Å²) in [6.07, 6.45) is 4.07. The summed E-state index contributed by atoms with van der Waals surface area (Å²) in [5.41, 5.74) is 0. The molecule has 6 heteroatoms. The third-order valence-electron chi connectivity index (χ3n) is 2.02. The van der Waals surface area contributed by atoms with E-state index in [1.54, 1.807) is 0 Å². The number of phosphoric acid groups is 1. The van der Waals surface area contributed by atoms with E-state index in [4.69, 9.17) is 9.79 Å². The van der Waals surface area contributed by atoms with E-state index < -0.39 is 7.82 Å². The van der Waals surface area contributed by atoms with Gasteiger partial charge >= 0.3 is 26.7 Å². The van der Waals surface area contributed by atoms with Crippen LogP contribution < -0.4 is 0 Å². The minimum atomic E-state index is -4.26. The van der Waals surface area contributed by atoms with Gasteiger partial charge < -0.3 is 9.79 Å². The number of rotatable bonds is 7. The van der Waals surface area contributed by atoms with Gasteiger partial charge in [0.15, 0.2) is 0 Å². The molecule has 14 heavy (non-hydrogen) atoms. The second kappa shape index (κ2) is 8.97. The van der Waals surface area contributed by atoms with Crippen LogP contribution in [0.3, 0.4) is 0 Å². The maximum absolute atomic E-state index is 10.4. The first-order valence-corrected chi connectivity index (χ1v) is 6.22. The monoisotopic (exact) mass is 218 g/mol. The molecular formula is C8H20LiO4P. The number of phosphoric ester groups is 1. The molecule has 0 aliphatic rings. The van der Waals surface area contributed by atoms with E-state index in [-0.39, 0.29) is 31.4 Å². The van der Waals surface area contributed by atoms with Gasteiger partial charge in [0.1, 0.15) is 0 Å². The third-order valence-corrected chi connectivity index (χ3v) is 2.51. The van der Waals surface area contributed by atoms with Gasteiger partial charge in [0.25, 0.3) is 0 Å². The van der Waals surface area contributed by atoms with Gasteiger partial charge in [0.05, 0.1) is 6.61 Å². The Morgan fingerprint density at radius 3 is 2.29 bits per heavy atom. The van der Waals surface area contributed by atoms with Crippen LogP contribution in [0.2, 0.25) is 0 Å². The Morgan fingerprint density at radius 1 is 1.36 bits per heavy atom. The van der Waals surface area contributed by atoms with Crippen molar-refractivity contribution >= 4 is 26.7 Å². The SMILES string of the molecule is CCCCC(CC)COP(=O)(O)O.[LiH]. The average molecular weight is 218 g/mol. The molecular weight excluding hydrogens is 198 g/mol. The zero-order valence-corrected chi connectivity index (χ0v) is 9.17. The van der Waals surface area contributed by atoms with Crippen LogP contribution >= 0.6 is 7.82 Å². The summed E-state index contributed by atoms with van der Waals surface area (Å²) in [7, 11) is -4.26. The molecule has 82 valence electrons. The molecule has 4 nitrogen and oxygen atoms in total. The van der Waals surface area contributed by atoms with Crippen molar-refractivity contribution < 1.29 is 18.9 Å². The van der Waals surface area contributed by atoms with E-state index in [2.05, 4.69) is 11.4 Å². The molecule has 2 N–H and O–H groups in total. The molecule has 0 radical (unpaired) electrons. The van der Waals surface area contributed by atoms with Gasteiger partial charge in [-0.15, -0.1) is 0 Å². The Hall–Kier alpha value is 0.707. The summed E-state index contributed by atoms with van der Waals surface area (Å²) in [6, 6.07) is 0. The predicted molar refractivity (Wildman–Crippen MR) is 58.5 cm³/mol. The first-order valence-electron chi connectivity index (χ1n) is 4.69. The molecule has 0 aliphatic carbocycles. The van der Waals surface area contributed by atoms with Crippen molar-refractivity contribution in [2.45, 2.75) is 39.5 Å². The summed E-state index contributed by atoms with van der Waals surface area (Å²) >= 11 is 0. The molecule has 0 aliphatic heterocycles. The minimum absolute atomic E-state index is 0. The number of hydrogen-bond donors (Lipinski definition) is 2. The van der Waals surface area contributed by atoms with Crippen molar-refractivity contribution in [1.82, 2.24) is 0 Å². The molecule has 0 rings (SSSR count). The van der Waals surface area contributed by atoms with Crippen LogP contribution in [-0.2, 0) is 9.09 Å². The Morgan fingerprint density at radius 2 is 1.93 bits per heavy atom. The van der Waals surface area contributed by atoms with Crippen molar-refractivity contribution in [2.24, 2.45) is 5.92 Å². The fraction of sp³-hybridized carbons (Fsp3) is 1.00. The van der Waals surface area contributed by atoms with Gasteiger partial charge in [-0.2, -0.15) is 0 Å². The Bertz CT molecular complexity index is 171. The molecule has 0 saturated heterocycles. The van der Waals surface area contributed by atoms with E-state index in [1.807, 2.05) is 6.92 Å². The second-order valence-corrected chi connectivity index (χ2v) is 4.44. The molecule has 0 fully saturated rings. The molecule has 1 unspecified atom stereocenters. The van der Waals surface area contributed by atoms with Crippen LogP contribution in [0.25, 0.3) is 0 Å². The zero-order valence-electron chi connectivity index (χ0n) is 8.27. The van der Waals surface area contributed by atoms with Crippen molar-refractivity contribution in [3.63, 3.8) is 0 Å². The Kier molecular flexibility index (Phi) is 11.0. The van der Waals surface area contributed by atoms with Gasteiger partial charge in [-0.05, 0) is 12.3 Å². The molecule has 0 aromatic rings. The maximum atomic E-state index is 10.4. The number of hydrogen-bond acceptors (Lipinski definition) is 2. The molecule has 0 amide bonds. The van der Waals surface area contributed by atoms with Crippen LogP contribution in [-0.4, -0.2) is 35.3 Å². The molecule has 0 spiro atoms. The van der Waals surface area contributed by atoms with Gasteiger partial charge in [0.2, 0.25) is 0 Å². The summed E-state index contributed by atoms with van der Waals surface area (Å²) in [5, 5.41) is 0. The molecule has 0 aromatic carbocycles. The van der Waals surface area contributed by atoms with Gasteiger partial charge in [-0.1, -0.05) is 33.1 Å². The van der Waals surface area contributed by atoms with Crippen LogP contribution in [0, 0.1) is 5.92 Å². The molecule has 1 atom stereocenters. The van der Waals surface area contributed by atoms with Crippen molar-refractivity contribution in [1.29, 1.82) is 0 Å². The Labute approximate surface area is 97.8 Å². The van der Waals surface area contributed by atoms with E-state index >= 15 is 0 Å². The van der Waals surface area contributed by atoms with Gasteiger partial charge in [-0.3, -0.25) is 4.52 Å². The second-order valence-electron chi connectivity index (χ2n) is 3.20. The van der Waals surface area contributed by atoms with Crippen LogP contribution in [0.5, 0.6) is 0 Å². The molecule has 0 heterocycles. The first-order chi connectivity index (χ1) is 5.99. The van der Waals surface area contributed by atoms with E-state index in [1.165, 1.54) is 0 Å². The van der Waals surface area contributed by atoms with E-state index in [0.717, 1.165) is 25.7 Å². The van der Waals surface area contributed by atoms with Crippen LogP contribution in [0.15, 0.2) is 0 Å². The van der Waals surface area contributed by atoms with Crippen molar-refractivity contribution in [2.75, 3.05) is 6.61 Å². The van der Waals surface area contributed by atoms with Crippen LogP contribution in [0.4, 0.5) is 0 Å². The summed E-state index contributed by atoms with van der Waals surface area (Å²) in [4.78, 5) is 17.0. The zero-order chi connectivity index (χ0) is 10.3. The van der Waals surface area contributed by atoms with Crippen LogP contribution in [0.1, 0.15) is 39.5 Å². The fourth-order valence-electron chi connectivity index (χ4n) is 1.10. The molecule has 0 aromatic heterocycles. The third kappa shape index (κ3) is 10.8. The van der Waals surface area contributed by atoms with E-state index in [9.17, 15) is 4.57 Å². The summed E-state index contributed by atoms with van der Waals surface area (Å²) < 4.78 is 14.8. The predicted octanol–water partition coefficient (Wildman–Crippen LogP) is 1.66. The van der Waals surface area contributed by atoms with Gasteiger partial charge in [0, 0.05) is 0 Å². The van der Waals surface area contributed by atoms with Crippen molar-refractivity contribution in [3.8, 4) is 0 Å². The fourth-order valence-corrected chi connectivity index (χ4v) is 1.51. The van der Waals surface area contributed by atoms with Gasteiger partial charge in [-0.25, -0.2) is 4.57 Å². The average Bonchev–Trinajstić information content (AvgIpc) is 2.03. The quantitative estimate of drug-likeness (QED) is 0.503. The standard InChI is InChI=1S/C8H19O4P.Li.H/c1-3-5-6-8(4-2)7-12-13(9,10)11;;/h8H,3-7H2,1-2H3,(H2,9,10,11);;. The molecule has 0 bridgehead atoms. The molecule has 0 saturated carbocycles. The van der Waals surface area contributed by atoms with E-state index in [0.29, 0.717) is 0 Å². The normalized spacial score (nSPS) is 13.4. The van der Waals surface area contributed by atoms with Crippen molar-refractivity contribution in [3.05, 3.63) is 0 Å². The topological polar surface area (TPSA) is 66.8 Å².